The molecule has 1 aromatic heterocycles. The topological polar surface area (TPSA) is 68.1 Å². The molecule has 6 nitrogen and oxygen atoms in total. The largest absolute Gasteiger partial charge is 0.305 e. The summed E-state index contributed by atoms with van der Waals surface area (Å²) >= 11 is 7.55. The summed E-state index contributed by atoms with van der Waals surface area (Å²) in [6.45, 7) is 0.432. The smallest absolute Gasteiger partial charge is 0.261 e. The van der Waals surface area contributed by atoms with E-state index in [4.69, 9.17) is 11.6 Å². The van der Waals surface area contributed by atoms with Gasteiger partial charge in [-0.2, -0.15) is 0 Å². The highest BCUT2D eigenvalue weighted by Crippen LogP contribution is 2.25. The number of nitrogens with zero attached hydrogens (tertiary/aromatic N) is 4. The summed E-state index contributed by atoms with van der Waals surface area (Å²) in [5.41, 5.74) is 1.96. The third kappa shape index (κ3) is 3.93. The van der Waals surface area contributed by atoms with Crippen LogP contribution in [0.2, 0.25) is 5.02 Å². The summed E-state index contributed by atoms with van der Waals surface area (Å²) in [5, 5.41) is 10.1. The average molecular weight is 427 g/mol. The quantitative estimate of drug-likeness (QED) is 0.320. The molecule has 1 aliphatic rings. The number of imide groups is 1. The highest BCUT2D eigenvalue weighted by molar-refractivity contribution is 7.99. The molecule has 0 radical (unpaired) electrons. The number of hydrogen-bond donors (Lipinski definition) is 0. The first kappa shape index (κ1) is 19.7. The summed E-state index contributed by atoms with van der Waals surface area (Å²) in [7, 11) is 1.94. The summed E-state index contributed by atoms with van der Waals surface area (Å²) in [6, 6.07) is 14.5. The number of aromatic nitrogens is 3. The molecule has 0 fully saturated rings. The maximum Gasteiger partial charge on any atom is 0.261 e. The van der Waals surface area contributed by atoms with E-state index >= 15 is 0 Å². The van der Waals surface area contributed by atoms with Crippen molar-refractivity contribution in [2.45, 2.75) is 18.0 Å². The number of unbranched alkanes of at least 4 members (excludes halogenated alkanes) is 1. The highest BCUT2D eigenvalue weighted by atomic mass is 35.5. The number of carbonyl (C=O) groups excluding carboxylic acids is 2. The minimum Gasteiger partial charge on any atom is -0.305 e. The van der Waals surface area contributed by atoms with Gasteiger partial charge in [-0.05, 0) is 49.2 Å². The molecule has 2 heterocycles. The molecular formula is C21H19ClN4O2S. The SMILES string of the molecule is Cn1c(SCCCCN2C(=O)c3ccccc3C2=O)nnc1-c1ccc(Cl)cc1. The van der Waals surface area contributed by atoms with Crippen molar-refractivity contribution >= 4 is 35.2 Å². The molecule has 1 aliphatic heterocycles. The van der Waals surface area contributed by atoms with Crippen molar-refractivity contribution in [1.82, 2.24) is 19.7 Å². The number of hydrogen-bond acceptors (Lipinski definition) is 5. The van der Waals surface area contributed by atoms with E-state index in [1.54, 1.807) is 36.0 Å². The van der Waals surface area contributed by atoms with Crippen molar-refractivity contribution in [3.05, 3.63) is 64.7 Å². The molecule has 4 rings (SSSR count). The molecule has 0 atom stereocenters. The van der Waals surface area contributed by atoms with Crippen LogP contribution in [0.15, 0.2) is 53.7 Å². The van der Waals surface area contributed by atoms with Crippen LogP contribution < -0.4 is 0 Å². The van der Waals surface area contributed by atoms with Crippen LogP contribution in [0, 0.1) is 0 Å². The Kier molecular flexibility index (Phi) is 5.69. The zero-order chi connectivity index (χ0) is 20.4. The third-order valence-electron chi connectivity index (χ3n) is 4.82. The van der Waals surface area contributed by atoms with E-state index in [0.29, 0.717) is 22.7 Å². The Labute approximate surface area is 177 Å². The number of halogens is 1. The Balaban J connectivity index is 1.28. The number of amides is 2. The Morgan fingerprint density at radius 3 is 2.24 bits per heavy atom. The Bertz CT molecular complexity index is 1030. The van der Waals surface area contributed by atoms with Crippen LogP contribution in [-0.2, 0) is 7.05 Å². The number of fused-ring (bicyclic) bond motifs is 1. The molecule has 0 bridgehead atoms. The highest BCUT2D eigenvalue weighted by Gasteiger charge is 2.34. The Hall–Kier alpha value is -2.64. The van der Waals surface area contributed by atoms with Gasteiger partial charge in [0.15, 0.2) is 11.0 Å². The van der Waals surface area contributed by atoms with Gasteiger partial charge in [-0.15, -0.1) is 10.2 Å². The van der Waals surface area contributed by atoms with Gasteiger partial charge in [0.05, 0.1) is 11.1 Å². The first-order valence-electron chi connectivity index (χ1n) is 9.29. The van der Waals surface area contributed by atoms with Gasteiger partial charge in [0.2, 0.25) is 0 Å². The van der Waals surface area contributed by atoms with Crippen LogP contribution in [0.3, 0.4) is 0 Å². The molecule has 0 unspecified atom stereocenters. The van der Waals surface area contributed by atoms with Gasteiger partial charge in [-0.3, -0.25) is 14.5 Å². The predicted octanol–water partition coefficient (Wildman–Crippen LogP) is 4.30. The second-order valence-electron chi connectivity index (χ2n) is 6.74. The van der Waals surface area contributed by atoms with Crippen molar-refractivity contribution in [3.63, 3.8) is 0 Å². The number of rotatable bonds is 7. The predicted molar refractivity (Wildman–Crippen MR) is 113 cm³/mol. The van der Waals surface area contributed by atoms with Gasteiger partial charge in [0.1, 0.15) is 0 Å². The first-order chi connectivity index (χ1) is 14.1. The fourth-order valence-electron chi connectivity index (χ4n) is 3.27. The van der Waals surface area contributed by atoms with Gasteiger partial charge in [-0.1, -0.05) is 35.5 Å². The van der Waals surface area contributed by atoms with Gasteiger partial charge < -0.3 is 4.57 Å². The molecule has 148 valence electrons. The lowest BCUT2D eigenvalue weighted by Gasteiger charge is -2.13. The molecule has 0 saturated carbocycles. The fourth-order valence-corrected chi connectivity index (χ4v) is 4.30. The molecule has 2 aromatic carbocycles. The van der Waals surface area contributed by atoms with E-state index in [9.17, 15) is 9.59 Å². The Morgan fingerprint density at radius 1 is 0.931 bits per heavy atom. The third-order valence-corrected chi connectivity index (χ3v) is 6.18. The normalized spacial score (nSPS) is 13.2. The lowest BCUT2D eigenvalue weighted by molar-refractivity contribution is 0.0652. The monoisotopic (exact) mass is 426 g/mol. The van der Waals surface area contributed by atoms with Crippen LogP contribution >= 0.6 is 23.4 Å². The lowest BCUT2D eigenvalue weighted by atomic mass is 10.1. The van der Waals surface area contributed by atoms with Crippen molar-refractivity contribution in [2.24, 2.45) is 7.05 Å². The second kappa shape index (κ2) is 8.39. The van der Waals surface area contributed by atoms with Crippen molar-refractivity contribution < 1.29 is 9.59 Å². The van der Waals surface area contributed by atoms with Gasteiger partial charge in [0.25, 0.3) is 11.8 Å². The molecule has 8 heteroatoms. The Morgan fingerprint density at radius 2 is 1.59 bits per heavy atom. The molecule has 0 N–H and O–H groups in total. The van der Waals surface area contributed by atoms with E-state index in [1.807, 2.05) is 35.9 Å². The van der Waals surface area contributed by atoms with Crippen LogP contribution in [0.4, 0.5) is 0 Å². The maximum absolute atomic E-state index is 12.4. The first-order valence-corrected chi connectivity index (χ1v) is 10.7. The van der Waals surface area contributed by atoms with Crippen LogP contribution in [0.5, 0.6) is 0 Å². The minimum atomic E-state index is -0.195. The number of carbonyl (C=O) groups is 2. The number of benzene rings is 2. The second-order valence-corrected chi connectivity index (χ2v) is 8.23. The molecule has 0 spiro atoms. The fraction of sp³-hybridized carbons (Fsp3) is 0.238. The summed E-state index contributed by atoms with van der Waals surface area (Å²) in [6.07, 6.45) is 1.61. The molecule has 29 heavy (non-hydrogen) atoms. The number of thioether (sulfide) groups is 1. The van der Waals surface area contributed by atoms with Crippen LogP contribution in [0.1, 0.15) is 33.6 Å². The van der Waals surface area contributed by atoms with E-state index in [2.05, 4.69) is 10.2 Å². The molecule has 0 aliphatic carbocycles. The van der Waals surface area contributed by atoms with Crippen LogP contribution in [0.25, 0.3) is 11.4 Å². The van der Waals surface area contributed by atoms with Crippen molar-refractivity contribution in [2.75, 3.05) is 12.3 Å². The summed E-state index contributed by atoms with van der Waals surface area (Å²) in [5.74, 6) is 1.23. The molecule has 0 saturated heterocycles. The lowest BCUT2D eigenvalue weighted by Crippen LogP contribution is -2.30. The van der Waals surface area contributed by atoms with Crippen molar-refractivity contribution in [1.29, 1.82) is 0 Å². The van der Waals surface area contributed by atoms with Gasteiger partial charge in [0, 0.05) is 29.9 Å². The van der Waals surface area contributed by atoms with Gasteiger partial charge in [-0.25, -0.2) is 0 Å². The van der Waals surface area contributed by atoms with Crippen molar-refractivity contribution in [3.8, 4) is 11.4 Å². The summed E-state index contributed by atoms with van der Waals surface area (Å²) < 4.78 is 1.96. The average Bonchev–Trinajstić information content (AvgIpc) is 3.21. The van der Waals surface area contributed by atoms with Crippen LogP contribution in [-0.4, -0.2) is 43.8 Å². The van der Waals surface area contributed by atoms with E-state index in [-0.39, 0.29) is 11.8 Å². The zero-order valence-electron chi connectivity index (χ0n) is 15.8. The molecule has 3 aromatic rings. The standard InChI is InChI=1S/C21H19ClN4O2S/c1-25-18(14-8-10-15(22)11-9-14)23-24-21(25)29-13-5-4-12-26-19(27)16-6-2-3-7-17(16)20(26)28/h2-3,6-11H,4-5,12-13H2,1H3. The summed E-state index contributed by atoms with van der Waals surface area (Å²) in [4.78, 5) is 26.1. The van der Waals surface area contributed by atoms with E-state index in [0.717, 1.165) is 35.1 Å². The minimum absolute atomic E-state index is 0.195. The molecule has 2 amide bonds. The zero-order valence-corrected chi connectivity index (χ0v) is 17.4. The molecular weight excluding hydrogens is 408 g/mol. The maximum atomic E-state index is 12.4. The van der Waals surface area contributed by atoms with Gasteiger partial charge >= 0.3 is 0 Å². The van der Waals surface area contributed by atoms with E-state index < -0.39 is 0 Å². The van der Waals surface area contributed by atoms with E-state index in [1.165, 1.54) is 4.90 Å².